The van der Waals surface area contributed by atoms with Crippen LogP contribution in [0.5, 0.6) is 0 Å². The van der Waals surface area contributed by atoms with Gasteiger partial charge in [0.2, 0.25) is 5.91 Å². The van der Waals surface area contributed by atoms with Gasteiger partial charge in [-0.05, 0) is 19.4 Å². The monoisotopic (exact) mass is 296 g/mol. The van der Waals surface area contributed by atoms with E-state index in [1.807, 2.05) is 6.92 Å². The van der Waals surface area contributed by atoms with E-state index in [-0.39, 0.29) is 11.8 Å². The van der Waals surface area contributed by atoms with Crippen LogP contribution in [-0.2, 0) is 16.6 Å². The van der Waals surface area contributed by atoms with Gasteiger partial charge in [0.05, 0.1) is 5.69 Å². The Kier molecular flexibility index (Phi) is 4.13. The minimum Gasteiger partial charge on any atom is -0.273 e. The van der Waals surface area contributed by atoms with Crippen LogP contribution in [0, 0.1) is 6.92 Å². The Morgan fingerprint density at radius 1 is 1.30 bits per heavy atom. The third-order valence-corrected chi connectivity index (χ3v) is 3.69. The van der Waals surface area contributed by atoms with Gasteiger partial charge in [-0.25, -0.2) is 5.01 Å². The fourth-order valence-corrected chi connectivity index (χ4v) is 2.48. The Balaban J connectivity index is 2.15. The van der Waals surface area contributed by atoms with Gasteiger partial charge in [0.1, 0.15) is 5.15 Å². The van der Waals surface area contributed by atoms with Gasteiger partial charge in [-0.3, -0.25) is 19.3 Å². The van der Waals surface area contributed by atoms with Crippen molar-refractivity contribution in [1.29, 1.82) is 0 Å². The van der Waals surface area contributed by atoms with Crippen molar-refractivity contribution in [1.82, 2.24) is 19.8 Å². The molecule has 1 fully saturated rings. The number of aromatic nitrogens is 2. The van der Waals surface area contributed by atoms with Gasteiger partial charge in [0.15, 0.2) is 0 Å². The number of nitrogens with zero attached hydrogens (tertiary/aromatic N) is 4. The predicted octanol–water partition coefficient (Wildman–Crippen LogP) is 1.39. The molecule has 6 nitrogen and oxygen atoms in total. The molecule has 0 atom stereocenters. The maximum Gasteiger partial charge on any atom is 0.265 e. The molecule has 1 aliphatic rings. The Hall–Kier alpha value is -1.82. The van der Waals surface area contributed by atoms with Crippen LogP contribution in [0.2, 0.25) is 5.15 Å². The van der Waals surface area contributed by atoms with Crippen LogP contribution in [0.1, 0.15) is 24.6 Å². The van der Waals surface area contributed by atoms with Crippen LogP contribution in [0.15, 0.2) is 6.08 Å². The summed E-state index contributed by atoms with van der Waals surface area (Å²) in [6, 6.07) is 0. The highest BCUT2D eigenvalue weighted by Gasteiger charge is 2.27. The largest absolute Gasteiger partial charge is 0.273 e. The Morgan fingerprint density at radius 3 is 2.50 bits per heavy atom. The van der Waals surface area contributed by atoms with Gasteiger partial charge in [-0.15, -0.1) is 0 Å². The van der Waals surface area contributed by atoms with Gasteiger partial charge in [-0.2, -0.15) is 5.10 Å². The summed E-state index contributed by atoms with van der Waals surface area (Å²) in [5.74, 6) is -0.350. The molecule has 108 valence electrons. The van der Waals surface area contributed by atoms with Crippen molar-refractivity contribution in [3.63, 3.8) is 0 Å². The van der Waals surface area contributed by atoms with Crippen LogP contribution in [0.25, 0.3) is 6.08 Å². The smallest absolute Gasteiger partial charge is 0.265 e. The molecule has 0 spiro atoms. The first-order chi connectivity index (χ1) is 9.41. The van der Waals surface area contributed by atoms with Crippen LogP contribution in [-0.4, -0.2) is 44.7 Å². The zero-order valence-corrected chi connectivity index (χ0v) is 12.5. The van der Waals surface area contributed by atoms with E-state index in [4.69, 9.17) is 11.6 Å². The zero-order chi connectivity index (χ0) is 14.9. The summed E-state index contributed by atoms with van der Waals surface area (Å²) in [5.41, 5.74) is 1.47. The number of carbonyl (C=O) groups excluding carboxylic acids is 2. The number of aryl methyl sites for hydroxylation is 2. The molecule has 1 aliphatic heterocycles. The molecule has 0 aliphatic carbocycles. The lowest BCUT2D eigenvalue weighted by Gasteiger charge is -2.25. The molecule has 0 aromatic carbocycles. The van der Waals surface area contributed by atoms with E-state index in [1.165, 1.54) is 23.0 Å². The summed E-state index contributed by atoms with van der Waals surface area (Å²) < 4.78 is 1.55. The fraction of sp³-hybridized carbons (Fsp3) is 0.462. The van der Waals surface area contributed by atoms with Crippen molar-refractivity contribution in [2.24, 2.45) is 7.05 Å². The number of hydrogen-bond donors (Lipinski definition) is 0. The predicted molar refractivity (Wildman–Crippen MR) is 75.7 cm³/mol. The summed E-state index contributed by atoms with van der Waals surface area (Å²) in [6.45, 7) is 4.43. The minimum absolute atomic E-state index is 0.125. The first-order valence-electron chi connectivity index (χ1n) is 6.38. The number of hydrogen-bond acceptors (Lipinski definition) is 3. The lowest BCUT2D eigenvalue weighted by molar-refractivity contribution is -0.153. The molecule has 0 N–H and O–H groups in total. The molecule has 2 amide bonds. The van der Waals surface area contributed by atoms with Gasteiger partial charge in [-0.1, -0.05) is 11.6 Å². The SMILES string of the molecule is CC(=O)N1CCCN1C(=O)C=Cc1c(C)nn(C)c1Cl. The molecule has 1 saturated heterocycles. The molecule has 0 radical (unpaired) electrons. The molecule has 1 aromatic heterocycles. The maximum atomic E-state index is 12.1. The summed E-state index contributed by atoms with van der Waals surface area (Å²) >= 11 is 6.10. The van der Waals surface area contributed by atoms with E-state index in [0.717, 1.165) is 17.7 Å². The first kappa shape index (κ1) is 14.6. The summed E-state index contributed by atoms with van der Waals surface area (Å²) in [6.07, 6.45) is 3.87. The maximum absolute atomic E-state index is 12.1. The van der Waals surface area contributed by atoms with E-state index in [1.54, 1.807) is 17.8 Å². The molecule has 1 aromatic rings. The highest BCUT2D eigenvalue weighted by atomic mass is 35.5. The van der Waals surface area contributed by atoms with Crippen molar-refractivity contribution in [2.75, 3.05) is 13.1 Å². The molecule has 2 rings (SSSR count). The normalized spacial score (nSPS) is 15.4. The van der Waals surface area contributed by atoms with Crippen molar-refractivity contribution in [3.05, 3.63) is 22.5 Å². The number of carbonyl (C=O) groups is 2. The lowest BCUT2D eigenvalue weighted by atomic mass is 10.2. The van der Waals surface area contributed by atoms with Crippen molar-refractivity contribution >= 4 is 29.5 Å². The van der Waals surface area contributed by atoms with Crippen molar-refractivity contribution in [3.8, 4) is 0 Å². The van der Waals surface area contributed by atoms with E-state index in [0.29, 0.717) is 18.2 Å². The number of rotatable bonds is 2. The zero-order valence-electron chi connectivity index (χ0n) is 11.8. The molecular weight excluding hydrogens is 280 g/mol. The highest BCUT2D eigenvalue weighted by Crippen LogP contribution is 2.20. The summed E-state index contributed by atoms with van der Waals surface area (Å²) in [5, 5.41) is 7.58. The van der Waals surface area contributed by atoms with Crippen LogP contribution < -0.4 is 0 Å². The molecule has 0 saturated carbocycles. The molecular formula is C13H17ClN4O2. The van der Waals surface area contributed by atoms with Gasteiger partial charge >= 0.3 is 0 Å². The molecule has 0 unspecified atom stereocenters. The number of halogens is 1. The van der Waals surface area contributed by atoms with Crippen LogP contribution >= 0.6 is 11.6 Å². The quantitative estimate of drug-likeness (QED) is 0.775. The van der Waals surface area contributed by atoms with Gasteiger partial charge < -0.3 is 0 Å². The number of amides is 2. The van der Waals surface area contributed by atoms with E-state index in [9.17, 15) is 9.59 Å². The second-order valence-corrected chi connectivity index (χ2v) is 5.06. The third-order valence-electron chi connectivity index (χ3n) is 3.24. The molecule has 0 bridgehead atoms. The Bertz CT molecular complexity index is 579. The molecule has 2 heterocycles. The molecule has 7 heteroatoms. The summed E-state index contributed by atoms with van der Waals surface area (Å²) in [7, 11) is 1.74. The second-order valence-electron chi connectivity index (χ2n) is 4.70. The average Bonchev–Trinajstić information content (AvgIpc) is 2.95. The van der Waals surface area contributed by atoms with E-state index < -0.39 is 0 Å². The third kappa shape index (κ3) is 2.70. The standard InChI is InChI=1S/C13H17ClN4O2/c1-9-11(13(14)16(3)15-9)5-6-12(20)18-8-4-7-17(18)10(2)19/h5-6H,4,7-8H2,1-3H3. The van der Waals surface area contributed by atoms with Crippen molar-refractivity contribution in [2.45, 2.75) is 20.3 Å². The van der Waals surface area contributed by atoms with E-state index >= 15 is 0 Å². The summed E-state index contributed by atoms with van der Waals surface area (Å²) in [4.78, 5) is 23.6. The topological polar surface area (TPSA) is 58.4 Å². The fourth-order valence-electron chi connectivity index (χ4n) is 2.24. The van der Waals surface area contributed by atoms with E-state index in [2.05, 4.69) is 5.10 Å². The van der Waals surface area contributed by atoms with Crippen molar-refractivity contribution < 1.29 is 9.59 Å². The molecule has 20 heavy (non-hydrogen) atoms. The Labute approximate surface area is 122 Å². The average molecular weight is 297 g/mol. The first-order valence-corrected chi connectivity index (χ1v) is 6.76. The number of hydrazine groups is 1. The van der Waals surface area contributed by atoms with Crippen LogP contribution in [0.3, 0.4) is 0 Å². The lowest BCUT2D eigenvalue weighted by Crippen LogP contribution is -2.43. The minimum atomic E-state index is -0.225. The second kappa shape index (κ2) is 5.66. The highest BCUT2D eigenvalue weighted by molar-refractivity contribution is 6.31. The Morgan fingerprint density at radius 2 is 1.95 bits per heavy atom. The van der Waals surface area contributed by atoms with Crippen LogP contribution in [0.4, 0.5) is 0 Å². The van der Waals surface area contributed by atoms with Gasteiger partial charge in [0, 0.05) is 38.7 Å². The van der Waals surface area contributed by atoms with Gasteiger partial charge in [0.25, 0.3) is 5.91 Å².